The van der Waals surface area contributed by atoms with Crippen LogP contribution in [0.25, 0.3) is 0 Å². The lowest BCUT2D eigenvalue weighted by atomic mass is 9.79. The summed E-state index contributed by atoms with van der Waals surface area (Å²) in [5, 5.41) is 0. The first-order valence-corrected chi connectivity index (χ1v) is 8.17. The van der Waals surface area contributed by atoms with Gasteiger partial charge < -0.3 is 0 Å². The SMILES string of the molecule is CCCC1CCC(c2ncc3c(n2)CCCC3=O)CC1. The molecular formula is C17H24N2O. The van der Waals surface area contributed by atoms with Gasteiger partial charge >= 0.3 is 0 Å². The molecule has 0 spiro atoms. The molecule has 0 aliphatic heterocycles. The van der Waals surface area contributed by atoms with Gasteiger partial charge in [-0.25, -0.2) is 9.97 Å². The van der Waals surface area contributed by atoms with Gasteiger partial charge in [-0.15, -0.1) is 0 Å². The number of aryl methyl sites for hydroxylation is 1. The molecule has 1 heterocycles. The summed E-state index contributed by atoms with van der Waals surface area (Å²) in [5.74, 6) is 2.65. The third kappa shape index (κ3) is 2.77. The van der Waals surface area contributed by atoms with E-state index in [1.807, 2.05) is 0 Å². The molecule has 0 amide bonds. The molecule has 0 aromatic carbocycles. The highest BCUT2D eigenvalue weighted by atomic mass is 16.1. The number of hydrogen-bond acceptors (Lipinski definition) is 3. The highest BCUT2D eigenvalue weighted by molar-refractivity contribution is 5.97. The molecule has 0 radical (unpaired) electrons. The zero-order valence-electron chi connectivity index (χ0n) is 12.4. The average molecular weight is 272 g/mol. The molecule has 2 aliphatic carbocycles. The van der Waals surface area contributed by atoms with Gasteiger partial charge in [0.1, 0.15) is 5.82 Å². The van der Waals surface area contributed by atoms with E-state index in [-0.39, 0.29) is 5.78 Å². The molecule has 0 saturated heterocycles. The number of carbonyl (C=O) groups is 1. The van der Waals surface area contributed by atoms with Crippen LogP contribution in [0, 0.1) is 5.92 Å². The third-order valence-corrected chi connectivity index (χ3v) is 4.91. The lowest BCUT2D eigenvalue weighted by Gasteiger charge is -2.28. The Labute approximate surface area is 121 Å². The minimum absolute atomic E-state index is 0.226. The maximum absolute atomic E-state index is 11.8. The van der Waals surface area contributed by atoms with E-state index >= 15 is 0 Å². The first kappa shape index (κ1) is 13.7. The summed E-state index contributed by atoms with van der Waals surface area (Å²) in [5.41, 5.74) is 1.78. The predicted molar refractivity (Wildman–Crippen MR) is 78.9 cm³/mol. The molecule has 2 aliphatic rings. The lowest BCUT2D eigenvalue weighted by Crippen LogP contribution is -2.19. The van der Waals surface area contributed by atoms with Crippen LogP contribution in [-0.2, 0) is 6.42 Å². The topological polar surface area (TPSA) is 42.9 Å². The standard InChI is InChI=1S/C17H24N2O/c1-2-4-12-7-9-13(10-8-12)17-18-11-14-15(19-17)5-3-6-16(14)20/h11-13H,2-10H2,1H3. The first-order valence-electron chi connectivity index (χ1n) is 8.17. The van der Waals surface area contributed by atoms with E-state index in [0.717, 1.165) is 35.8 Å². The molecular weight excluding hydrogens is 248 g/mol. The molecule has 1 aromatic rings. The fourth-order valence-corrected chi connectivity index (χ4v) is 3.72. The summed E-state index contributed by atoms with van der Waals surface area (Å²) >= 11 is 0. The molecule has 20 heavy (non-hydrogen) atoms. The van der Waals surface area contributed by atoms with Crippen LogP contribution in [0.1, 0.15) is 86.1 Å². The Hall–Kier alpha value is -1.25. The van der Waals surface area contributed by atoms with Crippen LogP contribution in [0.5, 0.6) is 0 Å². The Kier molecular flexibility index (Phi) is 4.13. The van der Waals surface area contributed by atoms with E-state index in [1.165, 1.54) is 38.5 Å². The van der Waals surface area contributed by atoms with Crippen LogP contribution in [0.2, 0.25) is 0 Å². The molecule has 1 saturated carbocycles. The van der Waals surface area contributed by atoms with Crippen molar-refractivity contribution in [3.63, 3.8) is 0 Å². The molecule has 0 bridgehead atoms. The second kappa shape index (κ2) is 6.02. The summed E-state index contributed by atoms with van der Waals surface area (Å²) in [6.07, 6.45) is 12.1. The highest BCUT2D eigenvalue weighted by Crippen LogP contribution is 2.36. The fraction of sp³-hybridized carbons (Fsp3) is 0.706. The van der Waals surface area contributed by atoms with Crippen molar-refractivity contribution in [1.82, 2.24) is 9.97 Å². The molecule has 0 atom stereocenters. The van der Waals surface area contributed by atoms with E-state index < -0.39 is 0 Å². The number of hydrogen-bond donors (Lipinski definition) is 0. The van der Waals surface area contributed by atoms with E-state index in [4.69, 9.17) is 4.98 Å². The molecule has 3 nitrogen and oxygen atoms in total. The number of carbonyl (C=O) groups excluding carboxylic acids is 1. The number of ketones is 1. The van der Waals surface area contributed by atoms with Crippen molar-refractivity contribution < 1.29 is 4.79 Å². The Bertz CT molecular complexity index is 490. The number of fused-ring (bicyclic) bond motifs is 1. The molecule has 0 N–H and O–H groups in total. The van der Waals surface area contributed by atoms with Gasteiger partial charge in [-0.05, 0) is 44.4 Å². The summed E-state index contributed by atoms with van der Waals surface area (Å²) in [6, 6.07) is 0. The van der Waals surface area contributed by atoms with Gasteiger partial charge in [0.25, 0.3) is 0 Å². The molecule has 1 fully saturated rings. The number of rotatable bonds is 3. The zero-order chi connectivity index (χ0) is 13.9. The van der Waals surface area contributed by atoms with Crippen molar-refractivity contribution in [2.75, 3.05) is 0 Å². The van der Waals surface area contributed by atoms with Crippen LogP contribution in [0.4, 0.5) is 0 Å². The van der Waals surface area contributed by atoms with E-state index in [1.54, 1.807) is 6.20 Å². The largest absolute Gasteiger partial charge is 0.294 e. The van der Waals surface area contributed by atoms with Gasteiger partial charge in [-0.1, -0.05) is 19.8 Å². The maximum Gasteiger partial charge on any atom is 0.166 e. The van der Waals surface area contributed by atoms with Gasteiger partial charge in [0, 0.05) is 18.5 Å². The van der Waals surface area contributed by atoms with E-state index in [9.17, 15) is 4.79 Å². The third-order valence-electron chi connectivity index (χ3n) is 4.91. The second-order valence-corrected chi connectivity index (χ2v) is 6.37. The smallest absolute Gasteiger partial charge is 0.166 e. The summed E-state index contributed by atoms with van der Waals surface area (Å²) in [6.45, 7) is 2.27. The molecule has 3 heteroatoms. The van der Waals surface area contributed by atoms with Gasteiger partial charge in [-0.3, -0.25) is 4.79 Å². The van der Waals surface area contributed by atoms with Crippen molar-refractivity contribution in [3.8, 4) is 0 Å². The average Bonchev–Trinajstić information content (AvgIpc) is 2.48. The van der Waals surface area contributed by atoms with Crippen LogP contribution < -0.4 is 0 Å². The minimum atomic E-state index is 0.226. The van der Waals surface area contributed by atoms with E-state index in [2.05, 4.69) is 11.9 Å². The van der Waals surface area contributed by atoms with Crippen LogP contribution in [0.3, 0.4) is 0 Å². The number of nitrogens with zero attached hydrogens (tertiary/aromatic N) is 2. The summed E-state index contributed by atoms with van der Waals surface area (Å²) in [4.78, 5) is 21.0. The maximum atomic E-state index is 11.8. The number of Topliss-reactive ketones (excluding diaryl/α,β-unsaturated/α-hetero) is 1. The first-order chi connectivity index (χ1) is 9.78. The van der Waals surface area contributed by atoms with Gasteiger partial charge in [-0.2, -0.15) is 0 Å². The Morgan fingerprint density at radius 1 is 1.20 bits per heavy atom. The normalized spacial score (nSPS) is 26.4. The summed E-state index contributed by atoms with van der Waals surface area (Å²) in [7, 11) is 0. The highest BCUT2D eigenvalue weighted by Gasteiger charge is 2.26. The van der Waals surface area contributed by atoms with Crippen molar-refractivity contribution in [3.05, 3.63) is 23.3 Å². The molecule has 1 aromatic heterocycles. The molecule has 0 unspecified atom stereocenters. The monoisotopic (exact) mass is 272 g/mol. The van der Waals surface area contributed by atoms with Crippen LogP contribution >= 0.6 is 0 Å². The van der Waals surface area contributed by atoms with Gasteiger partial charge in [0.2, 0.25) is 0 Å². The summed E-state index contributed by atoms with van der Waals surface area (Å²) < 4.78 is 0. The quantitative estimate of drug-likeness (QED) is 0.833. The number of aromatic nitrogens is 2. The Morgan fingerprint density at radius 2 is 2.00 bits per heavy atom. The fourth-order valence-electron chi connectivity index (χ4n) is 3.72. The van der Waals surface area contributed by atoms with E-state index in [0.29, 0.717) is 12.3 Å². The second-order valence-electron chi connectivity index (χ2n) is 6.37. The van der Waals surface area contributed by atoms with Crippen molar-refractivity contribution in [2.24, 2.45) is 5.92 Å². The molecule has 108 valence electrons. The minimum Gasteiger partial charge on any atom is -0.294 e. The molecule has 3 rings (SSSR count). The Morgan fingerprint density at radius 3 is 2.75 bits per heavy atom. The zero-order valence-corrected chi connectivity index (χ0v) is 12.4. The van der Waals surface area contributed by atoms with Crippen LogP contribution in [-0.4, -0.2) is 15.8 Å². The predicted octanol–water partition coefficient (Wildman–Crippen LogP) is 4.07. The lowest BCUT2D eigenvalue weighted by molar-refractivity contribution is 0.0971. The van der Waals surface area contributed by atoms with Crippen LogP contribution in [0.15, 0.2) is 6.20 Å². The van der Waals surface area contributed by atoms with Crippen molar-refractivity contribution in [2.45, 2.75) is 70.6 Å². The van der Waals surface area contributed by atoms with Crippen molar-refractivity contribution >= 4 is 5.78 Å². The Balaban J connectivity index is 1.71. The van der Waals surface area contributed by atoms with Gasteiger partial charge in [0.05, 0.1) is 11.3 Å². The van der Waals surface area contributed by atoms with Crippen molar-refractivity contribution in [1.29, 1.82) is 0 Å². The van der Waals surface area contributed by atoms with Gasteiger partial charge in [0.15, 0.2) is 5.78 Å².